The summed E-state index contributed by atoms with van der Waals surface area (Å²) in [5.74, 6) is 5.42. The van der Waals surface area contributed by atoms with Gasteiger partial charge in [0, 0.05) is 5.56 Å². The summed E-state index contributed by atoms with van der Waals surface area (Å²) in [5.41, 5.74) is -0.135. The zero-order valence-electron chi connectivity index (χ0n) is 11.9. The van der Waals surface area contributed by atoms with Crippen LogP contribution in [0.15, 0.2) is 53.4 Å². The fraction of sp³-hybridized carbons (Fsp3) is 0. The van der Waals surface area contributed by atoms with Crippen LogP contribution in [0.2, 0.25) is 5.02 Å². The molecule has 0 aliphatic rings. The molecule has 0 unspecified atom stereocenters. The summed E-state index contributed by atoms with van der Waals surface area (Å²) in [6, 6.07) is 10.4. The molecule has 128 valence electrons. The Morgan fingerprint density at radius 3 is 2.25 bits per heavy atom. The Morgan fingerprint density at radius 2 is 1.67 bits per heavy atom. The molecule has 0 saturated carbocycles. The summed E-state index contributed by atoms with van der Waals surface area (Å²) in [5, 5.41) is 0.0107. The van der Waals surface area contributed by atoms with Crippen molar-refractivity contribution in [2.24, 2.45) is 5.84 Å². The van der Waals surface area contributed by atoms with Crippen LogP contribution >= 0.6 is 11.6 Å². The van der Waals surface area contributed by atoms with Crippen LogP contribution in [0.5, 0.6) is 0 Å². The monoisotopic (exact) mass is 390 g/mol. The Hall–Kier alpha value is -1.98. The van der Waals surface area contributed by atoms with Crippen molar-refractivity contribution in [2.45, 2.75) is 4.90 Å². The average molecular weight is 391 g/mol. The largest absolute Gasteiger partial charge is 0.390 e. The minimum Gasteiger partial charge on any atom is -0.298 e. The van der Waals surface area contributed by atoms with Crippen molar-refractivity contribution in [3.8, 4) is 0 Å². The first-order valence-corrected chi connectivity index (χ1v) is 9.38. The lowest BCUT2D eigenvalue weighted by Gasteiger charge is -2.17. The minimum absolute atomic E-state index is 0.00242. The van der Waals surface area contributed by atoms with E-state index in [1.54, 1.807) is 6.07 Å². The lowest BCUT2D eigenvalue weighted by molar-refractivity contribution is 0.112. The SMILES string of the molecule is NN(c1ccccc1)S(=O)(=O)OS(=O)(=O)c1ccc(Cl)c(C=O)c1. The number of rotatable bonds is 6. The molecule has 0 aliphatic carbocycles. The number of hydrogen-bond donors (Lipinski definition) is 1. The molecular formula is C13H11ClN2O6S2. The van der Waals surface area contributed by atoms with E-state index in [0.29, 0.717) is 6.29 Å². The van der Waals surface area contributed by atoms with Crippen LogP contribution in [-0.4, -0.2) is 23.1 Å². The quantitative estimate of drug-likeness (QED) is 0.450. The Bertz CT molecular complexity index is 961. The van der Waals surface area contributed by atoms with Crippen LogP contribution in [0.4, 0.5) is 5.69 Å². The Balaban J connectivity index is 2.36. The molecule has 2 rings (SSSR count). The second-order valence-corrected chi connectivity index (χ2v) is 7.99. The van der Waals surface area contributed by atoms with Gasteiger partial charge in [-0.25, -0.2) is 5.84 Å². The number of para-hydroxylation sites is 1. The zero-order valence-corrected chi connectivity index (χ0v) is 14.3. The summed E-state index contributed by atoms with van der Waals surface area (Å²) in [4.78, 5) is 10.3. The fourth-order valence-corrected chi connectivity index (χ4v) is 4.19. The molecular weight excluding hydrogens is 380 g/mol. The van der Waals surface area contributed by atoms with Crippen molar-refractivity contribution < 1.29 is 25.3 Å². The van der Waals surface area contributed by atoms with Gasteiger partial charge >= 0.3 is 20.4 Å². The van der Waals surface area contributed by atoms with Crippen molar-refractivity contribution in [1.29, 1.82) is 0 Å². The molecule has 0 spiro atoms. The van der Waals surface area contributed by atoms with Crippen molar-refractivity contribution in [2.75, 3.05) is 4.41 Å². The van der Waals surface area contributed by atoms with Crippen molar-refractivity contribution in [3.63, 3.8) is 0 Å². The van der Waals surface area contributed by atoms with Crippen LogP contribution < -0.4 is 10.3 Å². The van der Waals surface area contributed by atoms with Gasteiger partial charge in [0.25, 0.3) is 0 Å². The molecule has 24 heavy (non-hydrogen) atoms. The van der Waals surface area contributed by atoms with Crippen LogP contribution in [0.3, 0.4) is 0 Å². The molecule has 0 atom stereocenters. The molecule has 0 aliphatic heterocycles. The van der Waals surface area contributed by atoms with E-state index in [4.69, 9.17) is 17.4 Å². The van der Waals surface area contributed by atoms with Gasteiger partial charge in [-0.3, -0.25) is 4.79 Å². The standard InChI is InChI=1S/C13H11ClN2O6S2/c14-13-7-6-12(8-10(13)9-17)23(18,19)22-24(20,21)16(15)11-4-2-1-3-5-11/h1-9H,15H2. The second kappa shape index (κ2) is 6.87. The summed E-state index contributed by atoms with van der Waals surface area (Å²) in [6.45, 7) is 0. The molecule has 2 N–H and O–H groups in total. The topological polar surface area (TPSA) is 124 Å². The summed E-state index contributed by atoms with van der Waals surface area (Å²) >= 11 is 5.70. The number of benzene rings is 2. The smallest absolute Gasteiger partial charge is 0.298 e. The lowest BCUT2D eigenvalue weighted by Crippen LogP contribution is -2.39. The number of aldehydes is 1. The number of anilines is 1. The molecule has 0 radical (unpaired) electrons. The van der Waals surface area contributed by atoms with Gasteiger partial charge in [-0.05, 0) is 30.3 Å². The zero-order chi connectivity index (χ0) is 18.0. The highest BCUT2D eigenvalue weighted by molar-refractivity contribution is 8.00. The molecule has 2 aromatic carbocycles. The maximum atomic E-state index is 12.1. The van der Waals surface area contributed by atoms with Crippen molar-refractivity contribution in [3.05, 3.63) is 59.1 Å². The molecule has 0 fully saturated rings. The van der Waals surface area contributed by atoms with Crippen LogP contribution in [-0.2, 0) is 24.1 Å². The number of hydrazine groups is 1. The Labute approximate surface area is 143 Å². The molecule has 0 amide bonds. The van der Waals surface area contributed by atoms with Gasteiger partial charge < -0.3 is 0 Å². The van der Waals surface area contributed by atoms with Gasteiger partial charge in [-0.15, -0.1) is 3.63 Å². The Kier molecular flexibility index (Phi) is 5.26. The predicted molar refractivity (Wildman–Crippen MR) is 87.1 cm³/mol. The third-order valence-corrected chi connectivity index (χ3v) is 6.08. The number of nitrogens with zero attached hydrogens (tertiary/aromatic N) is 1. The maximum Gasteiger partial charge on any atom is 0.390 e. The van der Waals surface area contributed by atoms with Gasteiger partial charge in [-0.1, -0.05) is 29.8 Å². The minimum atomic E-state index is -4.85. The normalized spacial score (nSPS) is 11.9. The Morgan fingerprint density at radius 1 is 1.04 bits per heavy atom. The lowest BCUT2D eigenvalue weighted by atomic mass is 10.2. The molecule has 8 nitrogen and oxygen atoms in total. The fourth-order valence-electron chi connectivity index (χ4n) is 1.66. The summed E-state index contributed by atoms with van der Waals surface area (Å²) in [6.07, 6.45) is 0.328. The van der Waals surface area contributed by atoms with E-state index in [1.165, 1.54) is 24.3 Å². The van der Waals surface area contributed by atoms with Gasteiger partial charge in [0.05, 0.1) is 15.6 Å². The number of carbonyl (C=O) groups excluding carboxylic acids is 1. The van der Waals surface area contributed by atoms with Crippen LogP contribution in [0, 0.1) is 0 Å². The number of nitrogens with two attached hydrogens (primary N) is 1. The average Bonchev–Trinajstić information content (AvgIpc) is 2.54. The van der Waals surface area contributed by atoms with Crippen molar-refractivity contribution >= 4 is 44.0 Å². The summed E-state index contributed by atoms with van der Waals surface area (Å²) < 4.78 is 52.8. The first-order chi connectivity index (χ1) is 11.2. The first-order valence-electron chi connectivity index (χ1n) is 6.23. The number of hydrogen-bond acceptors (Lipinski definition) is 7. The molecule has 11 heteroatoms. The van der Waals surface area contributed by atoms with Gasteiger partial charge in [0.1, 0.15) is 0 Å². The molecule has 2 aromatic rings. The maximum absolute atomic E-state index is 12.1. The van der Waals surface area contributed by atoms with E-state index in [1.807, 2.05) is 0 Å². The molecule has 0 aromatic heterocycles. The van der Waals surface area contributed by atoms with Crippen molar-refractivity contribution in [1.82, 2.24) is 0 Å². The highest BCUT2D eigenvalue weighted by Crippen LogP contribution is 2.23. The van der Waals surface area contributed by atoms with Crippen LogP contribution in [0.1, 0.15) is 10.4 Å². The van der Waals surface area contributed by atoms with E-state index in [9.17, 15) is 21.6 Å². The van der Waals surface area contributed by atoms with Gasteiger partial charge in [-0.2, -0.15) is 21.2 Å². The highest BCUT2D eigenvalue weighted by Gasteiger charge is 2.30. The summed E-state index contributed by atoms with van der Waals surface area (Å²) in [7, 11) is -9.59. The van der Waals surface area contributed by atoms with Gasteiger partial charge in [0.2, 0.25) is 0 Å². The van der Waals surface area contributed by atoms with Crippen LogP contribution in [0.25, 0.3) is 0 Å². The van der Waals surface area contributed by atoms with E-state index in [-0.39, 0.29) is 20.7 Å². The molecule has 0 heterocycles. The first kappa shape index (κ1) is 18.4. The predicted octanol–water partition coefficient (Wildman–Crippen LogP) is 1.48. The molecule has 0 saturated heterocycles. The van der Waals surface area contributed by atoms with E-state index in [2.05, 4.69) is 3.63 Å². The second-order valence-electron chi connectivity index (χ2n) is 4.41. The molecule has 0 bridgehead atoms. The van der Waals surface area contributed by atoms with E-state index >= 15 is 0 Å². The number of halogens is 1. The third-order valence-electron chi connectivity index (χ3n) is 2.81. The van der Waals surface area contributed by atoms with E-state index in [0.717, 1.165) is 18.2 Å². The van der Waals surface area contributed by atoms with Gasteiger partial charge in [0.15, 0.2) is 6.29 Å². The van der Waals surface area contributed by atoms with E-state index < -0.39 is 25.3 Å². The number of carbonyl (C=O) groups is 1. The third kappa shape index (κ3) is 3.91. The highest BCUT2D eigenvalue weighted by atomic mass is 35.5.